The number of aliphatic carboxylic acids is 1. The summed E-state index contributed by atoms with van der Waals surface area (Å²) >= 11 is 1.05. The van der Waals surface area contributed by atoms with Gasteiger partial charge in [-0.3, -0.25) is 4.79 Å². The average Bonchev–Trinajstić information content (AvgIpc) is 2.77. The van der Waals surface area contributed by atoms with Gasteiger partial charge in [0.1, 0.15) is 0 Å². The molecule has 0 saturated carbocycles. The highest BCUT2D eigenvalue weighted by molar-refractivity contribution is 8.15. The number of hydrogen-bond acceptors (Lipinski definition) is 6. The Labute approximate surface area is 120 Å². The number of carboxylic acid groups (broad SMARTS) is 1. The summed E-state index contributed by atoms with van der Waals surface area (Å²) in [6.45, 7) is 1.81. The first-order valence-corrected chi connectivity index (χ1v) is 6.79. The molecule has 0 aliphatic carbocycles. The molecule has 0 unspecified atom stereocenters. The molecule has 0 bridgehead atoms. The van der Waals surface area contributed by atoms with Crippen molar-refractivity contribution in [2.75, 3.05) is 0 Å². The summed E-state index contributed by atoms with van der Waals surface area (Å²) in [7, 11) is 0. The van der Waals surface area contributed by atoms with Gasteiger partial charge in [0, 0.05) is 12.4 Å². The smallest absolute Gasteiger partial charge is 0.239 e. The second-order valence-corrected chi connectivity index (χ2v) is 5.32. The van der Waals surface area contributed by atoms with Crippen LogP contribution in [0.3, 0.4) is 0 Å². The molecule has 1 aliphatic rings. The zero-order valence-electron chi connectivity index (χ0n) is 10.7. The Morgan fingerprint density at radius 1 is 1.40 bits per heavy atom. The van der Waals surface area contributed by atoms with Crippen LogP contribution in [0.5, 0.6) is 0 Å². The van der Waals surface area contributed by atoms with Crippen molar-refractivity contribution in [1.82, 2.24) is 5.32 Å². The van der Waals surface area contributed by atoms with Crippen LogP contribution in [-0.2, 0) is 9.59 Å². The number of carbonyl (C=O) groups is 2. The number of benzene rings is 1. The molecule has 1 amide bonds. The summed E-state index contributed by atoms with van der Waals surface area (Å²) in [5.74, 6) is -1.65. The average molecular weight is 290 g/mol. The van der Waals surface area contributed by atoms with Gasteiger partial charge in [-0.2, -0.15) is 5.10 Å². The number of hydrogen-bond donors (Lipinski definition) is 1. The van der Waals surface area contributed by atoms with Crippen LogP contribution in [0.15, 0.2) is 40.5 Å². The van der Waals surface area contributed by atoms with Crippen LogP contribution >= 0.6 is 11.8 Å². The largest absolute Gasteiger partial charge is 0.550 e. The summed E-state index contributed by atoms with van der Waals surface area (Å²) in [6, 6.07) is 9.49. The number of amidine groups is 1. The van der Waals surface area contributed by atoms with Crippen LogP contribution in [0.25, 0.3) is 0 Å². The Balaban J connectivity index is 2.06. The molecule has 104 valence electrons. The fraction of sp³-hybridized carbons (Fsp3) is 0.231. The van der Waals surface area contributed by atoms with E-state index in [2.05, 4.69) is 15.5 Å². The van der Waals surface area contributed by atoms with Crippen molar-refractivity contribution in [1.29, 1.82) is 0 Å². The highest BCUT2D eigenvalue weighted by Crippen LogP contribution is 2.22. The Morgan fingerprint density at radius 3 is 2.75 bits per heavy atom. The lowest BCUT2D eigenvalue weighted by Gasteiger charge is -2.04. The third-order valence-corrected chi connectivity index (χ3v) is 3.68. The van der Waals surface area contributed by atoms with Crippen molar-refractivity contribution in [3.63, 3.8) is 0 Å². The minimum absolute atomic E-state index is 0.302. The van der Waals surface area contributed by atoms with E-state index in [0.717, 1.165) is 17.3 Å². The van der Waals surface area contributed by atoms with Crippen molar-refractivity contribution >= 4 is 34.5 Å². The second kappa shape index (κ2) is 6.33. The minimum atomic E-state index is -1.26. The van der Waals surface area contributed by atoms with Gasteiger partial charge in [0.05, 0.1) is 11.0 Å². The number of thioether (sulfide) groups is 1. The van der Waals surface area contributed by atoms with Crippen molar-refractivity contribution in [3.05, 3.63) is 35.9 Å². The van der Waals surface area contributed by atoms with Gasteiger partial charge in [-0.15, -0.1) is 5.10 Å². The Morgan fingerprint density at radius 2 is 2.10 bits per heavy atom. The van der Waals surface area contributed by atoms with E-state index in [4.69, 9.17) is 0 Å². The van der Waals surface area contributed by atoms with Crippen LogP contribution in [0, 0.1) is 0 Å². The summed E-state index contributed by atoms with van der Waals surface area (Å²) in [5.41, 5.74) is 1.63. The molecule has 1 fully saturated rings. The van der Waals surface area contributed by atoms with E-state index in [1.807, 2.05) is 30.3 Å². The molecule has 1 atom stereocenters. The fourth-order valence-electron chi connectivity index (χ4n) is 1.60. The van der Waals surface area contributed by atoms with Gasteiger partial charge >= 0.3 is 0 Å². The fourth-order valence-corrected chi connectivity index (χ4v) is 2.50. The van der Waals surface area contributed by atoms with Crippen LogP contribution < -0.4 is 10.4 Å². The Hall–Kier alpha value is -2.15. The van der Waals surface area contributed by atoms with Gasteiger partial charge in [0.2, 0.25) is 5.91 Å². The molecule has 1 heterocycles. The number of nitrogens with one attached hydrogen (secondary N) is 1. The quantitative estimate of drug-likeness (QED) is 0.630. The summed E-state index contributed by atoms with van der Waals surface area (Å²) in [6.07, 6.45) is -0.336. The zero-order valence-corrected chi connectivity index (χ0v) is 11.5. The van der Waals surface area contributed by atoms with E-state index in [-0.39, 0.29) is 12.3 Å². The van der Waals surface area contributed by atoms with E-state index in [1.165, 1.54) is 0 Å². The number of carbonyl (C=O) groups excluding carboxylic acids is 2. The van der Waals surface area contributed by atoms with Gasteiger partial charge < -0.3 is 15.2 Å². The van der Waals surface area contributed by atoms with Crippen molar-refractivity contribution in [3.8, 4) is 0 Å². The first-order chi connectivity index (χ1) is 9.56. The second-order valence-electron chi connectivity index (χ2n) is 4.13. The zero-order chi connectivity index (χ0) is 14.5. The molecule has 1 aromatic rings. The number of carboxylic acids is 1. The van der Waals surface area contributed by atoms with Crippen LogP contribution in [0.4, 0.5) is 0 Å². The molecule has 1 aliphatic heterocycles. The molecule has 2 rings (SSSR count). The van der Waals surface area contributed by atoms with Gasteiger partial charge in [-0.1, -0.05) is 42.1 Å². The highest BCUT2D eigenvalue weighted by Gasteiger charge is 2.30. The van der Waals surface area contributed by atoms with E-state index in [0.29, 0.717) is 10.9 Å². The lowest BCUT2D eigenvalue weighted by molar-refractivity contribution is -0.305. The maximum Gasteiger partial charge on any atom is 0.239 e. The van der Waals surface area contributed by atoms with Crippen molar-refractivity contribution in [2.24, 2.45) is 10.2 Å². The molecule has 0 radical (unpaired) electrons. The normalized spacial score (nSPS) is 21.1. The molecule has 1 saturated heterocycles. The molecule has 7 heteroatoms. The van der Waals surface area contributed by atoms with Crippen molar-refractivity contribution < 1.29 is 14.7 Å². The topological polar surface area (TPSA) is 94.0 Å². The lowest BCUT2D eigenvalue weighted by atomic mass is 10.1. The third-order valence-electron chi connectivity index (χ3n) is 2.61. The first kappa shape index (κ1) is 14.3. The van der Waals surface area contributed by atoms with Crippen molar-refractivity contribution in [2.45, 2.75) is 18.6 Å². The van der Waals surface area contributed by atoms with E-state index in [1.54, 1.807) is 6.92 Å². The molecule has 1 N–H and O–H groups in total. The van der Waals surface area contributed by atoms with E-state index >= 15 is 0 Å². The maximum atomic E-state index is 11.5. The molecule has 1 aromatic carbocycles. The first-order valence-electron chi connectivity index (χ1n) is 5.91. The Bertz CT molecular complexity index is 584. The SMILES string of the molecule is C/C(=N/N=C1/NC(=O)[C@@H](CC(=O)[O-])S1)c1ccccc1. The highest BCUT2D eigenvalue weighted by atomic mass is 32.2. The molecular weight excluding hydrogens is 278 g/mol. The molecular formula is C13H12N3O3S-. The summed E-state index contributed by atoms with van der Waals surface area (Å²) in [4.78, 5) is 22.0. The van der Waals surface area contributed by atoms with E-state index in [9.17, 15) is 14.7 Å². The molecule has 0 spiro atoms. The minimum Gasteiger partial charge on any atom is -0.550 e. The molecule has 20 heavy (non-hydrogen) atoms. The summed E-state index contributed by atoms with van der Waals surface area (Å²) in [5, 5.41) is 20.5. The predicted molar refractivity (Wildman–Crippen MR) is 75.2 cm³/mol. The monoisotopic (exact) mass is 290 g/mol. The van der Waals surface area contributed by atoms with Crippen LogP contribution in [-0.4, -0.2) is 28.0 Å². The number of rotatable bonds is 4. The summed E-state index contributed by atoms with van der Waals surface area (Å²) < 4.78 is 0. The van der Waals surface area contributed by atoms with Gasteiger partial charge in [-0.05, 0) is 12.5 Å². The van der Waals surface area contributed by atoms with Crippen LogP contribution in [0.2, 0.25) is 0 Å². The Kier molecular flexibility index (Phi) is 4.52. The van der Waals surface area contributed by atoms with E-state index < -0.39 is 11.2 Å². The van der Waals surface area contributed by atoms with Gasteiger partial charge in [0.15, 0.2) is 5.17 Å². The number of amides is 1. The lowest BCUT2D eigenvalue weighted by Crippen LogP contribution is -2.31. The predicted octanol–water partition coefficient (Wildman–Crippen LogP) is 0.138. The standard InChI is InChI=1S/C13H13N3O3S/c1-8(9-5-3-2-4-6-9)15-16-13-14-12(19)10(20-13)7-11(17)18/h2-6,10H,7H2,1H3,(H,17,18)(H,14,16,19)/p-1/b15-8-/t10-/m1/s1. The van der Waals surface area contributed by atoms with Gasteiger partial charge in [-0.25, -0.2) is 0 Å². The van der Waals surface area contributed by atoms with Gasteiger partial charge in [0.25, 0.3) is 0 Å². The molecule has 6 nitrogen and oxygen atoms in total. The maximum absolute atomic E-state index is 11.5. The van der Waals surface area contributed by atoms with Crippen LogP contribution in [0.1, 0.15) is 18.9 Å². The third kappa shape index (κ3) is 3.67. The molecule has 0 aromatic heterocycles. The number of nitrogens with zero attached hydrogens (tertiary/aromatic N) is 2.